The lowest BCUT2D eigenvalue weighted by Crippen LogP contribution is -2.41. The van der Waals surface area contributed by atoms with Crippen LogP contribution in [-0.2, 0) is 0 Å². The summed E-state index contributed by atoms with van der Waals surface area (Å²) in [5.74, 6) is 1.66. The fourth-order valence-corrected chi connectivity index (χ4v) is 6.88. The van der Waals surface area contributed by atoms with Gasteiger partial charge >= 0.3 is 0 Å². The molecular formula is C20H30O2S. The quantitative estimate of drug-likeness (QED) is 0.809. The molecule has 1 unspecified atom stereocenters. The lowest BCUT2D eigenvalue weighted by atomic mass is 9.70. The van der Waals surface area contributed by atoms with Crippen LogP contribution in [0.4, 0.5) is 0 Å². The average molecular weight is 335 g/mol. The fourth-order valence-electron chi connectivity index (χ4n) is 4.91. The summed E-state index contributed by atoms with van der Waals surface area (Å²) in [6.45, 7) is 6.58. The second-order valence-corrected chi connectivity index (χ2v) is 9.35. The van der Waals surface area contributed by atoms with Crippen molar-refractivity contribution in [1.82, 2.24) is 0 Å². The van der Waals surface area contributed by atoms with Gasteiger partial charge in [-0.2, -0.15) is 11.8 Å². The molecule has 3 rings (SSSR count). The third kappa shape index (κ3) is 2.96. The largest absolute Gasteiger partial charge is 0.393 e. The van der Waals surface area contributed by atoms with Crippen LogP contribution in [0.2, 0.25) is 0 Å². The summed E-state index contributed by atoms with van der Waals surface area (Å²) in [6.07, 6.45) is 3.69. The molecule has 128 valence electrons. The summed E-state index contributed by atoms with van der Waals surface area (Å²) >= 11 is 1.94. The topological polar surface area (TPSA) is 40.5 Å². The van der Waals surface area contributed by atoms with Crippen LogP contribution < -0.4 is 0 Å². The van der Waals surface area contributed by atoms with Gasteiger partial charge in [-0.05, 0) is 49.5 Å². The van der Waals surface area contributed by atoms with E-state index in [1.807, 2.05) is 24.8 Å². The van der Waals surface area contributed by atoms with E-state index in [1.165, 1.54) is 12.0 Å². The minimum Gasteiger partial charge on any atom is -0.393 e. The zero-order valence-corrected chi connectivity index (χ0v) is 15.4. The van der Waals surface area contributed by atoms with Gasteiger partial charge < -0.3 is 10.2 Å². The van der Waals surface area contributed by atoms with Crippen LogP contribution in [0.25, 0.3) is 0 Å². The molecule has 0 amide bonds. The Morgan fingerprint density at radius 2 is 1.96 bits per heavy atom. The number of fused-ring (bicyclic) bond motifs is 2. The second-order valence-electron chi connectivity index (χ2n) is 8.16. The van der Waals surface area contributed by atoms with E-state index in [2.05, 4.69) is 38.1 Å². The first-order valence-electron chi connectivity index (χ1n) is 8.89. The SMILES string of the molecule is C[C@H](O)C[C@@H](SC[C@]12CC[C@H](CC1O)C2(C)C)c1ccccc1. The van der Waals surface area contributed by atoms with Crippen LogP contribution in [-0.4, -0.2) is 28.2 Å². The lowest BCUT2D eigenvalue weighted by molar-refractivity contribution is 0.0167. The Labute approximate surface area is 144 Å². The van der Waals surface area contributed by atoms with Crippen LogP contribution in [0.3, 0.4) is 0 Å². The van der Waals surface area contributed by atoms with E-state index < -0.39 is 0 Å². The van der Waals surface area contributed by atoms with Gasteiger partial charge in [-0.1, -0.05) is 44.2 Å². The first-order valence-corrected chi connectivity index (χ1v) is 9.94. The van der Waals surface area contributed by atoms with Gasteiger partial charge in [0.2, 0.25) is 0 Å². The van der Waals surface area contributed by atoms with Gasteiger partial charge in [-0.25, -0.2) is 0 Å². The van der Waals surface area contributed by atoms with Crippen molar-refractivity contribution in [3.8, 4) is 0 Å². The van der Waals surface area contributed by atoms with E-state index in [0.717, 1.165) is 25.0 Å². The van der Waals surface area contributed by atoms with E-state index in [0.29, 0.717) is 11.2 Å². The van der Waals surface area contributed by atoms with Gasteiger partial charge in [-0.3, -0.25) is 0 Å². The maximum Gasteiger partial charge on any atom is 0.0612 e. The Hall–Kier alpha value is -0.510. The number of hydrogen-bond donors (Lipinski definition) is 2. The Morgan fingerprint density at radius 1 is 1.26 bits per heavy atom. The van der Waals surface area contributed by atoms with Crippen LogP contribution in [0.5, 0.6) is 0 Å². The molecule has 3 heteroatoms. The molecule has 0 radical (unpaired) electrons. The van der Waals surface area contributed by atoms with Crippen LogP contribution in [0, 0.1) is 16.7 Å². The van der Waals surface area contributed by atoms with Crippen molar-refractivity contribution in [3.63, 3.8) is 0 Å². The number of benzene rings is 1. The molecule has 0 spiro atoms. The van der Waals surface area contributed by atoms with E-state index in [-0.39, 0.29) is 23.0 Å². The molecule has 1 aromatic carbocycles. The van der Waals surface area contributed by atoms with Crippen molar-refractivity contribution in [3.05, 3.63) is 35.9 Å². The van der Waals surface area contributed by atoms with E-state index in [9.17, 15) is 10.2 Å². The summed E-state index contributed by atoms with van der Waals surface area (Å²) < 4.78 is 0. The summed E-state index contributed by atoms with van der Waals surface area (Å²) in [7, 11) is 0. The minimum atomic E-state index is -0.303. The molecular weight excluding hydrogens is 304 g/mol. The highest BCUT2D eigenvalue weighted by atomic mass is 32.2. The number of thioether (sulfide) groups is 1. The third-order valence-electron chi connectivity index (χ3n) is 6.66. The standard InChI is InChI=1S/C20H30O2S/c1-14(21)11-17(15-7-5-4-6-8-15)23-13-20-10-9-16(12-18(20)22)19(20,2)3/h4-8,14,16-18,21-22H,9-13H2,1-3H3/t14-,16+,17+,18?,20+/m0/s1. The number of aliphatic hydroxyl groups excluding tert-OH is 2. The van der Waals surface area contributed by atoms with Crippen molar-refractivity contribution < 1.29 is 10.2 Å². The summed E-state index contributed by atoms with van der Waals surface area (Å²) in [5, 5.41) is 20.9. The Balaban J connectivity index is 1.76. The Morgan fingerprint density at radius 3 is 2.48 bits per heavy atom. The molecule has 2 nitrogen and oxygen atoms in total. The monoisotopic (exact) mass is 334 g/mol. The Bertz CT molecular complexity index is 528. The van der Waals surface area contributed by atoms with Crippen LogP contribution in [0.15, 0.2) is 30.3 Å². The van der Waals surface area contributed by atoms with Gasteiger partial charge in [0.1, 0.15) is 0 Å². The maximum absolute atomic E-state index is 10.7. The van der Waals surface area contributed by atoms with E-state index in [4.69, 9.17) is 0 Å². The molecule has 0 aromatic heterocycles. The van der Waals surface area contributed by atoms with Gasteiger partial charge in [0.15, 0.2) is 0 Å². The third-order valence-corrected chi connectivity index (χ3v) is 8.21. The molecule has 0 saturated heterocycles. The number of aliphatic hydroxyl groups is 2. The van der Waals surface area contributed by atoms with Crippen LogP contribution >= 0.6 is 11.8 Å². The molecule has 2 fully saturated rings. The molecule has 2 bridgehead atoms. The van der Waals surface area contributed by atoms with Crippen molar-refractivity contribution in [2.45, 2.75) is 63.9 Å². The van der Waals surface area contributed by atoms with Crippen molar-refractivity contribution in [1.29, 1.82) is 0 Å². The molecule has 23 heavy (non-hydrogen) atoms. The molecule has 1 aromatic rings. The first-order chi connectivity index (χ1) is 10.9. The number of hydrogen-bond acceptors (Lipinski definition) is 3. The summed E-state index contributed by atoms with van der Waals surface area (Å²) in [6, 6.07) is 10.5. The van der Waals surface area contributed by atoms with Gasteiger partial charge in [0, 0.05) is 16.4 Å². The summed E-state index contributed by atoms with van der Waals surface area (Å²) in [4.78, 5) is 0. The molecule has 5 atom stereocenters. The van der Waals surface area contributed by atoms with Crippen molar-refractivity contribution in [2.24, 2.45) is 16.7 Å². The maximum atomic E-state index is 10.7. The lowest BCUT2D eigenvalue weighted by Gasteiger charge is -2.41. The summed E-state index contributed by atoms with van der Waals surface area (Å²) in [5.41, 5.74) is 1.56. The van der Waals surface area contributed by atoms with Crippen LogP contribution in [0.1, 0.15) is 57.3 Å². The highest BCUT2D eigenvalue weighted by molar-refractivity contribution is 7.99. The van der Waals surface area contributed by atoms with Crippen molar-refractivity contribution >= 4 is 11.8 Å². The molecule has 0 heterocycles. The van der Waals surface area contributed by atoms with Crippen molar-refractivity contribution in [2.75, 3.05) is 5.75 Å². The molecule has 0 aliphatic heterocycles. The highest BCUT2D eigenvalue weighted by Gasteiger charge is 2.63. The Kier molecular flexibility index (Phi) is 4.83. The predicted molar refractivity (Wildman–Crippen MR) is 97.5 cm³/mol. The van der Waals surface area contributed by atoms with Gasteiger partial charge in [-0.15, -0.1) is 0 Å². The average Bonchev–Trinajstić information content (AvgIpc) is 2.86. The second kappa shape index (κ2) is 6.42. The smallest absolute Gasteiger partial charge is 0.0612 e. The zero-order chi connectivity index (χ0) is 16.7. The van der Waals surface area contributed by atoms with Gasteiger partial charge in [0.25, 0.3) is 0 Å². The molecule has 2 aliphatic rings. The van der Waals surface area contributed by atoms with E-state index >= 15 is 0 Å². The molecule has 2 saturated carbocycles. The first kappa shape index (κ1) is 17.3. The predicted octanol–water partition coefficient (Wildman–Crippen LogP) is 4.42. The van der Waals surface area contributed by atoms with E-state index in [1.54, 1.807) is 0 Å². The number of rotatable bonds is 6. The highest BCUT2D eigenvalue weighted by Crippen LogP contribution is 2.67. The molecule has 2 N–H and O–H groups in total. The zero-order valence-electron chi connectivity index (χ0n) is 14.5. The normalized spacial score (nSPS) is 34.5. The minimum absolute atomic E-state index is 0.0497. The molecule has 2 aliphatic carbocycles. The fraction of sp³-hybridized carbons (Fsp3) is 0.700. The van der Waals surface area contributed by atoms with Gasteiger partial charge in [0.05, 0.1) is 12.2 Å².